The van der Waals surface area contributed by atoms with Gasteiger partial charge in [0.15, 0.2) is 0 Å². The van der Waals surface area contributed by atoms with Crippen LogP contribution in [0.1, 0.15) is 55.8 Å². The molecule has 0 fully saturated rings. The van der Waals surface area contributed by atoms with Gasteiger partial charge in [0, 0.05) is 17.9 Å². The summed E-state index contributed by atoms with van der Waals surface area (Å²) in [4.78, 5) is 0. The van der Waals surface area contributed by atoms with E-state index in [0.717, 1.165) is 24.3 Å². The Hall–Kier alpha value is -2.65. The third kappa shape index (κ3) is 6.16. The van der Waals surface area contributed by atoms with Gasteiger partial charge in [0.2, 0.25) is 0 Å². The normalized spacial score (nSPS) is 13.3. The van der Waals surface area contributed by atoms with Crippen molar-refractivity contribution in [3.63, 3.8) is 0 Å². The molecule has 2 nitrogen and oxygen atoms in total. The topological polar surface area (TPSA) is 25.8 Å². The van der Waals surface area contributed by atoms with Gasteiger partial charge in [0.25, 0.3) is 0 Å². The molecule has 0 saturated carbocycles. The molecule has 0 unspecified atom stereocenters. The molecule has 0 amide bonds. The summed E-state index contributed by atoms with van der Waals surface area (Å²) in [7, 11) is 0. The number of hydrogen-bond acceptors (Lipinski definition) is 1. The van der Waals surface area contributed by atoms with Gasteiger partial charge in [-0.05, 0) is 56.2 Å². The molecular formula is C26H31FNO+. The molecule has 0 radical (unpaired) electrons. The lowest BCUT2D eigenvalue weighted by Crippen LogP contribution is -2.84. The number of hydrogen-bond donors (Lipinski definition) is 1. The Kier molecular flexibility index (Phi) is 7.42. The van der Waals surface area contributed by atoms with Gasteiger partial charge in [-0.2, -0.15) is 0 Å². The first kappa shape index (κ1) is 21.1. The number of ether oxygens (including phenoxy) is 1. The molecule has 3 aromatic rings. The quantitative estimate of drug-likeness (QED) is 0.514. The zero-order valence-corrected chi connectivity index (χ0v) is 17.5. The van der Waals surface area contributed by atoms with Gasteiger partial charge in [0.05, 0.1) is 12.6 Å². The van der Waals surface area contributed by atoms with Crippen molar-refractivity contribution in [2.24, 2.45) is 0 Å². The van der Waals surface area contributed by atoms with Crippen molar-refractivity contribution < 1.29 is 14.4 Å². The van der Waals surface area contributed by atoms with Gasteiger partial charge in [0.1, 0.15) is 17.6 Å². The fourth-order valence-electron chi connectivity index (χ4n) is 3.68. The molecule has 3 aromatic carbocycles. The SMILES string of the molecule is CC(C)Oc1ccc([C@@H](CC[NH2+][C@@H](C)c2ccccc2)c2ccc(F)cc2)cc1. The van der Waals surface area contributed by atoms with E-state index in [0.29, 0.717) is 6.04 Å². The van der Waals surface area contributed by atoms with Crippen molar-refractivity contribution in [2.75, 3.05) is 6.54 Å². The van der Waals surface area contributed by atoms with Gasteiger partial charge >= 0.3 is 0 Å². The predicted molar refractivity (Wildman–Crippen MR) is 117 cm³/mol. The first-order valence-electron chi connectivity index (χ1n) is 10.4. The van der Waals surface area contributed by atoms with Crippen LogP contribution < -0.4 is 10.1 Å². The van der Waals surface area contributed by atoms with E-state index in [2.05, 4.69) is 48.6 Å². The van der Waals surface area contributed by atoms with Crippen LogP contribution in [0, 0.1) is 5.82 Å². The van der Waals surface area contributed by atoms with Crippen LogP contribution in [-0.2, 0) is 0 Å². The van der Waals surface area contributed by atoms with Gasteiger partial charge in [-0.3, -0.25) is 0 Å². The number of nitrogens with two attached hydrogens (primary N) is 1. The molecule has 152 valence electrons. The minimum atomic E-state index is -0.197. The first-order valence-corrected chi connectivity index (χ1v) is 10.4. The lowest BCUT2D eigenvalue weighted by atomic mass is 9.88. The van der Waals surface area contributed by atoms with Gasteiger partial charge in [-0.15, -0.1) is 0 Å². The van der Waals surface area contributed by atoms with Crippen molar-refractivity contribution >= 4 is 0 Å². The molecule has 0 aliphatic rings. The summed E-state index contributed by atoms with van der Waals surface area (Å²) in [5, 5.41) is 2.38. The predicted octanol–water partition coefficient (Wildman–Crippen LogP) is 5.46. The second kappa shape index (κ2) is 10.2. The van der Waals surface area contributed by atoms with E-state index in [9.17, 15) is 4.39 Å². The molecule has 0 heterocycles. The summed E-state index contributed by atoms with van der Waals surface area (Å²) < 4.78 is 19.2. The van der Waals surface area contributed by atoms with Crippen LogP contribution in [-0.4, -0.2) is 12.6 Å². The van der Waals surface area contributed by atoms with Crippen LogP contribution in [0.2, 0.25) is 0 Å². The van der Waals surface area contributed by atoms with E-state index < -0.39 is 0 Å². The van der Waals surface area contributed by atoms with Crippen molar-refractivity contribution in [1.29, 1.82) is 0 Å². The Labute approximate surface area is 173 Å². The minimum absolute atomic E-state index is 0.155. The highest BCUT2D eigenvalue weighted by atomic mass is 19.1. The molecule has 0 aliphatic heterocycles. The summed E-state index contributed by atoms with van der Waals surface area (Å²) >= 11 is 0. The molecule has 0 saturated heterocycles. The lowest BCUT2D eigenvalue weighted by molar-refractivity contribution is -0.693. The van der Waals surface area contributed by atoms with E-state index >= 15 is 0 Å². The zero-order chi connectivity index (χ0) is 20.6. The maximum Gasteiger partial charge on any atom is 0.123 e. The van der Waals surface area contributed by atoms with Crippen LogP contribution in [0.15, 0.2) is 78.9 Å². The van der Waals surface area contributed by atoms with Crippen molar-refractivity contribution in [3.05, 3.63) is 101 Å². The van der Waals surface area contributed by atoms with Gasteiger partial charge in [-0.1, -0.05) is 54.6 Å². The number of benzene rings is 3. The Morgan fingerprint density at radius 2 is 1.34 bits per heavy atom. The zero-order valence-electron chi connectivity index (χ0n) is 17.5. The summed E-state index contributed by atoms with van der Waals surface area (Å²) in [5.41, 5.74) is 3.71. The van der Waals surface area contributed by atoms with Crippen LogP contribution in [0.3, 0.4) is 0 Å². The Bertz CT molecular complexity index is 859. The van der Waals surface area contributed by atoms with Crippen LogP contribution in [0.25, 0.3) is 0 Å². The largest absolute Gasteiger partial charge is 0.491 e. The molecule has 3 heteroatoms. The van der Waals surface area contributed by atoms with E-state index in [1.54, 1.807) is 12.1 Å². The Morgan fingerprint density at radius 1 is 0.759 bits per heavy atom. The molecule has 0 bridgehead atoms. The van der Waals surface area contributed by atoms with E-state index in [-0.39, 0.29) is 17.8 Å². The van der Waals surface area contributed by atoms with E-state index in [1.165, 1.54) is 11.1 Å². The highest BCUT2D eigenvalue weighted by Crippen LogP contribution is 2.29. The molecule has 2 N–H and O–H groups in total. The lowest BCUT2D eigenvalue weighted by Gasteiger charge is -2.20. The maximum absolute atomic E-state index is 13.4. The smallest absolute Gasteiger partial charge is 0.123 e. The summed E-state index contributed by atoms with van der Waals surface area (Å²) in [5.74, 6) is 0.909. The van der Waals surface area contributed by atoms with Gasteiger partial charge in [-0.25, -0.2) is 4.39 Å². The van der Waals surface area contributed by atoms with Gasteiger partial charge < -0.3 is 10.1 Å². The molecule has 0 spiro atoms. The molecule has 2 atom stereocenters. The third-order valence-electron chi connectivity index (χ3n) is 5.23. The Morgan fingerprint density at radius 3 is 1.93 bits per heavy atom. The fourth-order valence-corrected chi connectivity index (χ4v) is 3.68. The van der Waals surface area contributed by atoms with Crippen LogP contribution in [0.5, 0.6) is 5.75 Å². The van der Waals surface area contributed by atoms with Crippen LogP contribution in [0.4, 0.5) is 4.39 Å². The molecular weight excluding hydrogens is 361 g/mol. The summed E-state index contributed by atoms with van der Waals surface area (Å²) in [6, 6.07) is 26.2. The highest BCUT2D eigenvalue weighted by molar-refractivity contribution is 5.36. The summed E-state index contributed by atoms with van der Waals surface area (Å²) in [6.45, 7) is 7.28. The minimum Gasteiger partial charge on any atom is -0.491 e. The highest BCUT2D eigenvalue weighted by Gasteiger charge is 2.17. The monoisotopic (exact) mass is 392 g/mol. The Balaban J connectivity index is 1.72. The molecule has 3 rings (SSSR count). The molecule has 0 aromatic heterocycles. The summed E-state index contributed by atoms with van der Waals surface area (Å²) in [6.07, 6.45) is 1.13. The average molecular weight is 393 g/mol. The second-order valence-corrected chi connectivity index (χ2v) is 7.85. The maximum atomic E-state index is 13.4. The average Bonchev–Trinajstić information content (AvgIpc) is 2.73. The van der Waals surface area contributed by atoms with E-state index in [1.807, 2.05) is 44.2 Å². The third-order valence-corrected chi connectivity index (χ3v) is 5.23. The fraction of sp³-hybridized carbons (Fsp3) is 0.308. The molecule has 29 heavy (non-hydrogen) atoms. The van der Waals surface area contributed by atoms with Crippen LogP contribution >= 0.6 is 0 Å². The second-order valence-electron chi connectivity index (χ2n) is 7.85. The number of rotatable bonds is 9. The van der Waals surface area contributed by atoms with Crippen molar-refractivity contribution in [1.82, 2.24) is 0 Å². The van der Waals surface area contributed by atoms with E-state index in [4.69, 9.17) is 4.74 Å². The number of quaternary nitrogens is 1. The first-order chi connectivity index (χ1) is 14.0. The van der Waals surface area contributed by atoms with Crippen molar-refractivity contribution in [2.45, 2.75) is 45.3 Å². The number of halogens is 1. The standard InChI is InChI=1S/C26H30FNO/c1-19(2)29-25-15-11-23(12-16-25)26(22-9-13-24(27)14-10-22)17-18-28-20(3)21-7-5-4-6-8-21/h4-16,19-20,26,28H,17-18H2,1-3H3/p+1/t20-,26-/m0/s1. The van der Waals surface area contributed by atoms with Crippen molar-refractivity contribution in [3.8, 4) is 5.75 Å². The molecule has 0 aliphatic carbocycles.